The van der Waals surface area contributed by atoms with E-state index in [1.54, 1.807) is 0 Å². The first-order chi connectivity index (χ1) is 9.08. The topological polar surface area (TPSA) is 29.3 Å². The molecule has 0 saturated carbocycles. The Kier molecular flexibility index (Phi) is 4.46. The van der Waals surface area contributed by atoms with E-state index in [1.807, 2.05) is 44.4 Å². The van der Waals surface area contributed by atoms with Gasteiger partial charge in [0.15, 0.2) is 0 Å². The van der Waals surface area contributed by atoms with E-state index in [1.165, 1.54) is 0 Å². The highest BCUT2D eigenvalue weighted by Crippen LogP contribution is 2.24. The third kappa shape index (κ3) is 3.49. The zero-order valence-electron chi connectivity index (χ0n) is 11.3. The first kappa shape index (κ1) is 13.9. The Hall–Kier alpha value is -1.51. The predicted octanol–water partition coefficient (Wildman–Crippen LogP) is 3.65. The molecule has 1 unspecified atom stereocenters. The van der Waals surface area contributed by atoms with Gasteiger partial charge in [-0.15, -0.1) is 0 Å². The quantitative estimate of drug-likeness (QED) is 0.922. The third-order valence-electron chi connectivity index (χ3n) is 3.21. The molecule has 0 fully saturated rings. The summed E-state index contributed by atoms with van der Waals surface area (Å²) in [7, 11) is 4.05. The number of nitrogens with zero attached hydrogens (tertiary/aromatic N) is 1. The summed E-state index contributed by atoms with van der Waals surface area (Å²) in [5, 5.41) is 0.779. The Balaban J connectivity index is 2.18. The normalized spacial score (nSPS) is 12.2. The zero-order chi connectivity index (χ0) is 13.8. The van der Waals surface area contributed by atoms with Gasteiger partial charge in [-0.1, -0.05) is 41.9 Å². The predicted molar refractivity (Wildman–Crippen MR) is 82.9 cm³/mol. The highest BCUT2D eigenvalue weighted by atomic mass is 35.5. The van der Waals surface area contributed by atoms with Gasteiger partial charge in [0.1, 0.15) is 0 Å². The average molecular weight is 275 g/mol. The van der Waals surface area contributed by atoms with Gasteiger partial charge in [-0.25, -0.2) is 0 Å². The van der Waals surface area contributed by atoms with Crippen LogP contribution in [0, 0.1) is 0 Å². The van der Waals surface area contributed by atoms with Crippen molar-refractivity contribution >= 4 is 17.3 Å². The minimum Gasteiger partial charge on any atom is -0.378 e. The number of hydrogen-bond acceptors (Lipinski definition) is 2. The molecule has 100 valence electrons. The molecule has 2 aromatic rings. The Morgan fingerprint density at radius 2 is 1.84 bits per heavy atom. The standard InChI is InChI=1S/C16H19ClN2/c1-19(2)14-8-5-7-13(10-14)16(18)11-12-6-3-4-9-15(12)17/h3-10,16H,11,18H2,1-2H3. The van der Waals surface area contributed by atoms with Crippen LogP contribution < -0.4 is 10.6 Å². The van der Waals surface area contributed by atoms with E-state index in [0.717, 1.165) is 28.3 Å². The van der Waals surface area contributed by atoms with Crippen molar-refractivity contribution in [1.82, 2.24) is 0 Å². The van der Waals surface area contributed by atoms with Crippen LogP contribution in [0.3, 0.4) is 0 Å². The number of nitrogens with two attached hydrogens (primary N) is 1. The number of hydrogen-bond donors (Lipinski definition) is 1. The lowest BCUT2D eigenvalue weighted by Crippen LogP contribution is -2.15. The second kappa shape index (κ2) is 6.09. The van der Waals surface area contributed by atoms with Crippen LogP contribution in [0.2, 0.25) is 5.02 Å². The maximum Gasteiger partial charge on any atom is 0.0438 e. The second-order valence-electron chi connectivity index (χ2n) is 4.89. The Bertz CT molecular complexity index is 552. The van der Waals surface area contributed by atoms with Crippen molar-refractivity contribution in [1.29, 1.82) is 0 Å². The van der Waals surface area contributed by atoms with E-state index >= 15 is 0 Å². The molecule has 2 nitrogen and oxygen atoms in total. The van der Waals surface area contributed by atoms with Gasteiger partial charge in [-0.05, 0) is 35.7 Å². The minimum absolute atomic E-state index is 0.0419. The van der Waals surface area contributed by atoms with Gasteiger partial charge in [-0.2, -0.15) is 0 Å². The van der Waals surface area contributed by atoms with Crippen LogP contribution in [0.1, 0.15) is 17.2 Å². The minimum atomic E-state index is -0.0419. The summed E-state index contributed by atoms with van der Waals surface area (Å²) in [5.74, 6) is 0. The monoisotopic (exact) mass is 274 g/mol. The summed E-state index contributed by atoms with van der Waals surface area (Å²) in [4.78, 5) is 2.08. The first-order valence-electron chi connectivity index (χ1n) is 6.34. The lowest BCUT2D eigenvalue weighted by molar-refractivity contribution is 0.722. The van der Waals surface area contributed by atoms with Crippen LogP contribution in [-0.2, 0) is 6.42 Å². The molecule has 2 rings (SSSR count). The molecule has 19 heavy (non-hydrogen) atoms. The van der Waals surface area contributed by atoms with Gasteiger partial charge in [-0.3, -0.25) is 0 Å². The number of rotatable bonds is 4. The van der Waals surface area contributed by atoms with Crippen LogP contribution in [-0.4, -0.2) is 14.1 Å². The summed E-state index contributed by atoms with van der Waals surface area (Å²) in [6, 6.07) is 16.1. The zero-order valence-corrected chi connectivity index (χ0v) is 12.1. The van der Waals surface area contributed by atoms with E-state index in [9.17, 15) is 0 Å². The van der Waals surface area contributed by atoms with Crippen molar-refractivity contribution < 1.29 is 0 Å². The maximum atomic E-state index is 6.29. The fourth-order valence-corrected chi connectivity index (χ4v) is 2.27. The van der Waals surface area contributed by atoms with Crippen molar-refractivity contribution in [3.8, 4) is 0 Å². The van der Waals surface area contributed by atoms with Crippen LogP contribution in [0.5, 0.6) is 0 Å². The maximum absolute atomic E-state index is 6.29. The molecule has 3 heteroatoms. The van der Waals surface area contributed by atoms with Crippen molar-refractivity contribution in [2.24, 2.45) is 5.73 Å². The summed E-state index contributed by atoms with van der Waals surface area (Å²) in [6.07, 6.45) is 0.747. The summed E-state index contributed by atoms with van der Waals surface area (Å²) in [6.45, 7) is 0. The van der Waals surface area contributed by atoms with E-state index in [4.69, 9.17) is 17.3 Å². The largest absolute Gasteiger partial charge is 0.378 e. The molecule has 2 N–H and O–H groups in total. The fourth-order valence-electron chi connectivity index (χ4n) is 2.05. The van der Waals surface area contributed by atoms with Gasteiger partial charge < -0.3 is 10.6 Å². The smallest absolute Gasteiger partial charge is 0.0438 e. The highest BCUT2D eigenvalue weighted by molar-refractivity contribution is 6.31. The summed E-state index contributed by atoms with van der Waals surface area (Å²) in [5.41, 5.74) is 9.67. The van der Waals surface area contributed by atoms with E-state index in [2.05, 4.69) is 23.1 Å². The lowest BCUT2D eigenvalue weighted by Gasteiger charge is -2.17. The molecule has 1 atom stereocenters. The van der Waals surface area contributed by atoms with Crippen molar-refractivity contribution in [3.63, 3.8) is 0 Å². The van der Waals surface area contributed by atoms with Gasteiger partial charge >= 0.3 is 0 Å². The van der Waals surface area contributed by atoms with Crippen LogP contribution in [0.25, 0.3) is 0 Å². The molecule has 0 heterocycles. The van der Waals surface area contributed by atoms with E-state index in [-0.39, 0.29) is 6.04 Å². The highest BCUT2D eigenvalue weighted by Gasteiger charge is 2.10. The number of benzene rings is 2. The molecule has 0 bridgehead atoms. The van der Waals surface area contributed by atoms with Crippen LogP contribution in [0.15, 0.2) is 48.5 Å². The molecular formula is C16H19ClN2. The average Bonchev–Trinajstić information content (AvgIpc) is 2.41. The second-order valence-corrected chi connectivity index (χ2v) is 5.30. The Morgan fingerprint density at radius 1 is 1.11 bits per heavy atom. The van der Waals surface area contributed by atoms with Gasteiger partial charge in [0.25, 0.3) is 0 Å². The molecule has 0 aliphatic rings. The van der Waals surface area contributed by atoms with Gasteiger partial charge in [0, 0.05) is 30.8 Å². The van der Waals surface area contributed by atoms with Gasteiger partial charge in [0.05, 0.1) is 0 Å². The molecule has 0 radical (unpaired) electrons. The molecule has 2 aromatic carbocycles. The molecule has 0 aliphatic heterocycles. The SMILES string of the molecule is CN(C)c1cccc(C(N)Cc2ccccc2Cl)c1. The van der Waals surface area contributed by atoms with E-state index < -0.39 is 0 Å². The molecule has 0 saturated heterocycles. The fraction of sp³-hybridized carbons (Fsp3) is 0.250. The van der Waals surface area contributed by atoms with Crippen molar-refractivity contribution in [2.75, 3.05) is 19.0 Å². The summed E-state index contributed by atoms with van der Waals surface area (Å²) >= 11 is 6.17. The van der Waals surface area contributed by atoms with Gasteiger partial charge in [0.2, 0.25) is 0 Å². The van der Waals surface area contributed by atoms with Crippen LogP contribution >= 0.6 is 11.6 Å². The molecule has 0 amide bonds. The van der Waals surface area contributed by atoms with Crippen LogP contribution in [0.4, 0.5) is 5.69 Å². The summed E-state index contributed by atoms with van der Waals surface area (Å²) < 4.78 is 0. The lowest BCUT2D eigenvalue weighted by atomic mass is 9.99. The van der Waals surface area contributed by atoms with Crippen molar-refractivity contribution in [3.05, 3.63) is 64.7 Å². The Labute approximate surface area is 119 Å². The molecule has 0 aliphatic carbocycles. The molecule has 0 aromatic heterocycles. The third-order valence-corrected chi connectivity index (χ3v) is 3.58. The first-order valence-corrected chi connectivity index (χ1v) is 6.72. The van der Waals surface area contributed by atoms with Crippen molar-refractivity contribution in [2.45, 2.75) is 12.5 Å². The number of anilines is 1. The number of halogens is 1. The van der Waals surface area contributed by atoms with E-state index in [0.29, 0.717) is 0 Å². The molecule has 0 spiro atoms. The molecular weight excluding hydrogens is 256 g/mol. The Morgan fingerprint density at radius 3 is 2.53 bits per heavy atom.